The number of rotatable bonds is 4. The van der Waals surface area contributed by atoms with Crippen molar-refractivity contribution in [1.29, 1.82) is 0 Å². The molecule has 0 aromatic rings. The molecule has 1 nitrogen and oxygen atoms in total. The van der Waals surface area contributed by atoms with Crippen LogP contribution in [0.25, 0.3) is 0 Å². The maximum atomic E-state index is 6.92. The first-order valence-corrected chi connectivity index (χ1v) is 3.84. The lowest BCUT2D eigenvalue weighted by Crippen LogP contribution is -2.41. The molecule has 1 heteroatoms. The molecule has 0 atom stereocenters. The van der Waals surface area contributed by atoms with E-state index in [-0.39, 0.29) is 5.54 Å². The van der Waals surface area contributed by atoms with Crippen LogP contribution in [0, 0.1) is 0 Å². The normalized spacial score (nSPS) is 16.4. The van der Waals surface area contributed by atoms with E-state index in [0.29, 0.717) is 0 Å². The Kier molecular flexibility index (Phi) is 2.81. The van der Waals surface area contributed by atoms with Crippen LogP contribution >= 0.6 is 0 Å². The summed E-state index contributed by atoms with van der Waals surface area (Å²) in [6.45, 7) is 10.5. The minimum Gasteiger partial charge on any atom is -0.291 e. The van der Waals surface area contributed by atoms with E-state index >= 15 is 0 Å². The number of nitrogens with zero attached hydrogens (tertiary/aromatic N) is 1. The smallest absolute Gasteiger partial charge is 0.0535 e. The van der Waals surface area contributed by atoms with Crippen LogP contribution < -0.4 is 0 Å². The van der Waals surface area contributed by atoms with Crippen LogP contribution in [0.1, 0.15) is 23.5 Å². The molecule has 0 aliphatic rings. The third-order valence-corrected chi connectivity index (χ3v) is 1.60. The molecule has 0 saturated heterocycles. The summed E-state index contributed by atoms with van der Waals surface area (Å²) in [6.07, 6.45) is 3.62. The Morgan fingerprint density at radius 1 is 1.27 bits per heavy atom. The van der Waals surface area contributed by atoms with E-state index in [1.165, 1.54) is 13.1 Å². The van der Waals surface area contributed by atoms with E-state index in [0.717, 1.165) is 13.1 Å². The van der Waals surface area contributed by atoms with Gasteiger partial charge in [0.15, 0.2) is 0 Å². The highest BCUT2D eigenvalue weighted by atomic mass is 15.2. The van der Waals surface area contributed by atoms with Crippen molar-refractivity contribution < 1.29 is 2.74 Å². The molecule has 0 aliphatic carbocycles. The SMILES string of the molecule is [2H]C=CCN(CC=C[2H])C(C)(C)C. The van der Waals surface area contributed by atoms with E-state index in [1.807, 2.05) is 12.2 Å². The second kappa shape index (κ2) is 4.35. The molecule has 0 unspecified atom stereocenters. The van der Waals surface area contributed by atoms with Gasteiger partial charge in [0.05, 0.1) is 2.74 Å². The summed E-state index contributed by atoms with van der Waals surface area (Å²) >= 11 is 0. The van der Waals surface area contributed by atoms with Crippen molar-refractivity contribution in [2.24, 2.45) is 0 Å². The molecular weight excluding hydrogens is 134 g/mol. The van der Waals surface area contributed by atoms with Crippen LogP contribution in [0.3, 0.4) is 0 Å². The molecule has 0 aliphatic heterocycles. The zero-order chi connectivity index (χ0) is 10.3. The Labute approximate surface area is 73.2 Å². The van der Waals surface area contributed by atoms with E-state index in [1.54, 1.807) is 0 Å². The summed E-state index contributed by atoms with van der Waals surface area (Å²) in [5.41, 5.74) is 0.0824. The molecule has 0 aromatic heterocycles. The zero-order valence-corrected chi connectivity index (χ0v) is 7.67. The van der Waals surface area contributed by atoms with Crippen molar-refractivity contribution in [2.75, 3.05) is 13.1 Å². The highest BCUT2D eigenvalue weighted by molar-refractivity contribution is 4.87. The summed E-state index contributed by atoms with van der Waals surface area (Å²) in [4.78, 5) is 2.20. The average molecular weight is 155 g/mol. The van der Waals surface area contributed by atoms with Crippen molar-refractivity contribution in [2.45, 2.75) is 26.3 Å². The summed E-state index contributed by atoms with van der Waals surface area (Å²) < 4.78 is 13.8. The summed E-state index contributed by atoms with van der Waals surface area (Å²) in [6, 6.07) is 0. The van der Waals surface area contributed by atoms with Gasteiger partial charge in [-0.05, 0) is 20.8 Å². The van der Waals surface area contributed by atoms with Gasteiger partial charge in [-0.1, -0.05) is 12.2 Å². The zero-order valence-electron chi connectivity index (χ0n) is 9.67. The quantitative estimate of drug-likeness (QED) is 0.564. The topological polar surface area (TPSA) is 3.24 Å². The van der Waals surface area contributed by atoms with Gasteiger partial charge in [0, 0.05) is 18.6 Å². The van der Waals surface area contributed by atoms with Gasteiger partial charge < -0.3 is 0 Å². The molecule has 0 heterocycles. The van der Waals surface area contributed by atoms with Crippen LogP contribution in [-0.2, 0) is 0 Å². The van der Waals surface area contributed by atoms with Gasteiger partial charge in [-0.3, -0.25) is 4.90 Å². The van der Waals surface area contributed by atoms with Crippen molar-refractivity contribution in [3.05, 3.63) is 25.3 Å². The fraction of sp³-hybridized carbons (Fsp3) is 0.600. The lowest BCUT2D eigenvalue weighted by molar-refractivity contribution is 0.173. The predicted molar refractivity (Wildman–Crippen MR) is 51.7 cm³/mol. The molecule has 0 rings (SSSR count). The first-order chi connectivity index (χ1) is 6.02. The number of hydrogen-bond acceptors (Lipinski definition) is 1. The van der Waals surface area contributed by atoms with Gasteiger partial charge in [0.1, 0.15) is 0 Å². The summed E-state index contributed by atoms with van der Waals surface area (Å²) in [5.74, 6) is 0. The molecule has 64 valence electrons. The van der Waals surface area contributed by atoms with Crippen molar-refractivity contribution in [1.82, 2.24) is 4.90 Å². The molecule has 0 bridgehead atoms. The molecule has 0 aromatic carbocycles. The summed E-state index contributed by atoms with van der Waals surface area (Å²) in [5, 5.41) is 0. The summed E-state index contributed by atoms with van der Waals surface area (Å²) in [7, 11) is 0. The maximum absolute atomic E-state index is 6.92. The van der Waals surface area contributed by atoms with Crippen molar-refractivity contribution in [3.63, 3.8) is 0 Å². The van der Waals surface area contributed by atoms with Gasteiger partial charge in [-0.2, -0.15) is 0 Å². The minimum atomic E-state index is 0.0824. The highest BCUT2D eigenvalue weighted by Gasteiger charge is 2.17. The second-order valence-electron chi connectivity index (χ2n) is 3.55. The van der Waals surface area contributed by atoms with Gasteiger partial charge in [0.2, 0.25) is 0 Å². The first kappa shape index (κ1) is 7.11. The molecule has 0 N–H and O–H groups in total. The average Bonchev–Trinajstić information content (AvgIpc) is 2.02. The third kappa shape index (κ3) is 3.99. The monoisotopic (exact) mass is 155 g/mol. The Balaban J connectivity index is 4.19. The largest absolute Gasteiger partial charge is 0.291 e. The van der Waals surface area contributed by atoms with Crippen molar-refractivity contribution >= 4 is 0 Å². The van der Waals surface area contributed by atoms with Crippen LogP contribution in [0.4, 0.5) is 0 Å². The van der Waals surface area contributed by atoms with Gasteiger partial charge >= 0.3 is 0 Å². The van der Waals surface area contributed by atoms with Crippen LogP contribution in [0.5, 0.6) is 0 Å². The fourth-order valence-electron chi connectivity index (χ4n) is 0.877. The number of hydrogen-bond donors (Lipinski definition) is 0. The fourth-order valence-corrected chi connectivity index (χ4v) is 0.877. The predicted octanol–water partition coefficient (Wildman–Crippen LogP) is 2.46. The molecule has 0 radical (unpaired) electrons. The molecule has 0 saturated carbocycles. The van der Waals surface area contributed by atoms with E-state index in [9.17, 15) is 0 Å². The Hall–Kier alpha value is -0.560. The van der Waals surface area contributed by atoms with E-state index in [2.05, 4.69) is 25.7 Å². The lowest BCUT2D eigenvalue weighted by Gasteiger charge is -2.33. The van der Waals surface area contributed by atoms with E-state index in [4.69, 9.17) is 2.74 Å². The van der Waals surface area contributed by atoms with Crippen LogP contribution in [0.2, 0.25) is 0 Å². The molecule has 11 heavy (non-hydrogen) atoms. The highest BCUT2D eigenvalue weighted by Crippen LogP contribution is 2.11. The Morgan fingerprint density at radius 2 is 1.73 bits per heavy atom. The Morgan fingerprint density at radius 3 is 2.00 bits per heavy atom. The van der Waals surface area contributed by atoms with Gasteiger partial charge in [-0.25, -0.2) is 0 Å². The van der Waals surface area contributed by atoms with Crippen molar-refractivity contribution in [3.8, 4) is 0 Å². The molecule has 0 spiro atoms. The molecule has 0 fully saturated rings. The van der Waals surface area contributed by atoms with Gasteiger partial charge in [0.25, 0.3) is 0 Å². The van der Waals surface area contributed by atoms with E-state index < -0.39 is 0 Å². The maximum Gasteiger partial charge on any atom is 0.0535 e. The molecule has 0 amide bonds. The van der Waals surface area contributed by atoms with Crippen LogP contribution in [0.15, 0.2) is 25.3 Å². The van der Waals surface area contributed by atoms with Gasteiger partial charge in [-0.15, -0.1) is 13.1 Å². The first-order valence-electron chi connectivity index (χ1n) is 4.99. The van der Waals surface area contributed by atoms with Crippen LogP contribution in [-0.4, -0.2) is 23.5 Å². The second-order valence-corrected chi connectivity index (χ2v) is 3.55. The standard InChI is InChI=1S/C10H19N/c1-6-8-11(9-7-2)10(3,4)5/h6-7H,1-2,8-9H2,3-5H3/i1D,2D. The lowest BCUT2D eigenvalue weighted by atomic mass is 10.1. The minimum absolute atomic E-state index is 0.0824. The molecular formula is C10H19N. The Bertz CT molecular complexity index is 166. The third-order valence-electron chi connectivity index (χ3n) is 1.60.